The summed E-state index contributed by atoms with van der Waals surface area (Å²) < 4.78 is 11.4. The van der Waals surface area contributed by atoms with Crippen LogP contribution in [0.4, 0.5) is 5.69 Å². The molecule has 0 unspecified atom stereocenters. The van der Waals surface area contributed by atoms with E-state index >= 15 is 0 Å². The molecule has 0 amide bonds. The lowest BCUT2D eigenvalue weighted by Crippen LogP contribution is -2.31. The number of hydrogen-bond acceptors (Lipinski definition) is 5. The van der Waals surface area contributed by atoms with E-state index in [0.29, 0.717) is 19.4 Å². The van der Waals surface area contributed by atoms with E-state index in [1.54, 1.807) is 0 Å². The van der Waals surface area contributed by atoms with Crippen LogP contribution in [-0.4, -0.2) is 31.2 Å². The van der Waals surface area contributed by atoms with Crippen molar-refractivity contribution in [1.82, 2.24) is 0 Å². The molecule has 0 bridgehead atoms. The van der Waals surface area contributed by atoms with Crippen LogP contribution < -0.4 is 5.32 Å². The SMILES string of the molecule is CCCCCC=CCC=CCCCCCCCC(=O)OC[C@@H](CNc1ccccc1)OC(=O)CCCCCCC=CCCCCCCCCCCC. The molecule has 1 aromatic rings. The van der Waals surface area contributed by atoms with Crippen LogP contribution in [-0.2, 0) is 19.1 Å². The summed E-state index contributed by atoms with van der Waals surface area (Å²) in [5, 5.41) is 3.32. The van der Waals surface area contributed by atoms with Crippen molar-refractivity contribution in [1.29, 1.82) is 0 Å². The second-order valence-electron chi connectivity index (χ2n) is 14.6. The molecule has 0 saturated heterocycles. The molecule has 0 radical (unpaired) electrons. The van der Waals surface area contributed by atoms with Crippen LogP contribution in [0.2, 0.25) is 0 Å². The maximum Gasteiger partial charge on any atom is 0.306 e. The Balaban J connectivity index is 2.15. The van der Waals surface area contributed by atoms with Crippen molar-refractivity contribution in [3.8, 4) is 0 Å². The van der Waals surface area contributed by atoms with Crippen molar-refractivity contribution in [2.45, 2.75) is 200 Å². The number of benzene rings is 1. The second-order valence-corrected chi connectivity index (χ2v) is 14.6. The Morgan fingerprint density at radius 1 is 0.538 bits per heavy atom. The van der Waals surface area contributed by atoms with Gasteiger partial charge in [-0.15, -0.1) is 0 Å². The quantitative estimate of drug-likeness (QED) is 0.0421. The van der Waals surface area contributed by atoms with Crippen molar-refractivity contribution in [3.63, 3.8) is 0 Å². The third-order valence-electron chi connectivity index (χ3n) is 9.51. The lowest BCUT2D eigenvalue weighted by Gasteiger charge is -2.19. The van der Waals surface area contributed by atoms with Gasteiger partial charge in [0.2, 0.25) is 0 Å². The van der Waals surface area contributed by atoms with Gasteiger partial charge in [0.1, 0.15) is 6.61 Å². The first-order valence-electron chi connectivity index (χ1n) is 21.7. The molecular weight excluding hydrogens is 643 g/mol. The number of unbranched alkanes of at least 4 members (excludes halogenated alkanes) is 21. The van der Waals surface area contributed by atoms with Crippen LogP contribution in [0.3, 0.4) is 0 Å². The van der Waals surface area contributed by atoms with Crippen molar-refractivity contribution in [2.75, 3.05) is 18.5 Å². The maximum absolute atomic E-state index is 12.7. The van der Waals surface area contributed by atoms with E-state index in [-0.39, 0.29) is 18.5 Å². The van der Waals surface area contributed by atoms with Gasteiger partial charge in [0.15, 0.2) is 6.10 Å². The zero-order chi connectivity index (χ0) is 37.4. The highest BCUT2D eigenvalue weighted by molar-refractivity contribution is 5.70. The number of ether oxygens (including phenoxy) is 2. The van der Waals surface area contributed by atoms with Gasteiger partial charge in [-0.2, -0.15) is 0 Å². The van der Waals surface area contributed by atoms with Crippen molar-refractivity contribution in [2.24, 2.45) is 0 Å². The first-order valence-corrected chi connectivity index (χ1v) is 21.7. The monoisotopic (exact) mass is 722 g/mol. The summed E-state index contributed by atoms with van der Waals surface area (Å²) in [6, 6.07) is 9.83. The summed E-state index contributed by atoms with van der Waals surface area (Å²) in [5.74, 6) is -0.431. The third kappa shape index (κ3) is 33.0. The predicted molar refractivity (Wildman–Crippen MR) is 224 cm³/mol. The topological polar surface area (TPSA) is 64.6 Å². The minimum Gasteiger partial charge on any atom is -0.462 e. The molecule has 1 N–H and O–H groups in total. The first kappa shape index (κ1) is 47.2. The Morgan fingerprint density at radius 3 is 1.50 bits per heavy atom. The molecule has 5 heteroatoms. The number of anilines is 1. The van der Waals surface area contributed by atoms with Crippen molar-refractivity contribution >= 4 is 17.6 Å². The van der Waals surface area contributed by atoms with Crippen LogP contribution in [0, 0.1) is 0 Å². The van der Waals surface area contributed by atoms with E-state index in [2.05, 4.69) is 55.6 Å². The lowest BCUT2D eigenvalue weighted by atomic mass is 10.1. The van der Waals surface area contributed by atoms with Crippen molar-refractivity contribution in [3.05, 3.63) is 66.8 Å². The van der Waals surface area contributed by atoms with Gasteiger partial charge >= 0.3 is 11.9 Å². The molecule has 5 nitrogen and oxygen atoms in total. The molecule has 0 aromatic heterocycles. The lowest BCUT2D eigenvalue weighted by molar-refractivity contribution is -0.158. The smallest absolute Gasteiger partial charge is 0.306 e. The van der Waals surface area contributed by atoms with Gasteiger partial charge < -0.3 is 14.8 Å². The summed E-state index contributed by atoms with van der Waals surface area (Å²) >= 11 is 0. The molecular formula is C47H79NO4. The number of rotatable bonds is 37. The number of carbonyl (C=O) groups is 2. The molecule has 296 valence electrons. The summed E-state index contributed by atoms with van der Waals surface area (Å²) in [7, 11) is 0. The van der Waals surface area contributed by atoms with E-state index < -0.39 is 6.10 Å². The van der Waals surface area contributed by atoms with Crippen LogP contribution in [0.15, 0.2) is 66.8 Å². The van der Waals surface area contributed by atoms with Gasteiger partial charge in [-0.3, -0.25) is 9.59 Å². The van der Waals surface area contributed by atoms with Gasteiger partial charge in [0, 0.05) is 18.5 Å². The number of esters is 2. The highest BCUT2D eigenvalue weighted by atomic mass is 16.6. The minimum atomic E-state index is -0.516. The Hall–Kier alpha value is -2.82. The molecule has 0 spiro atoms. The highest BCUT2D eigenvalue weighted by Crippen LogP contribution is 2.13. The van der Waals surface area contributed by atoms with E-state index in [4.69, 9.17) is 9.47 Å². The molecule has 1 atom stereocenters. The molecule has 0 fully saturated rings. The number of nitrogens with one attached hydrogen (secondary N) is 1. The predicted octanol–water partition coefficient (Wildman–Crippen LogP) is 14.2. The zero-order valence-electron chi connectivity index (χ0n) is 33.8. The number of hydrogen-bond donors (Lipinski definition) is 1. The van der Waals surface area contributed by atoms with Gasteiger partial charge in [0.05, 0.1) is 6.54 Å². The van der Waals surface area contributed by atoms with E-state index in [1.165, 1.54) is 103 Å². The van der Waals surface area contributed by atoms with Crippen LogP contribution in [0.1, 0.15) is 194 Å². The molecule has 1 rings (SSSR count). The normalized spacial score (nSPS) is 12.3. The summed E-state index contributed by atoms with van der Waals surface area (Å²) in [5.41, 5.74) is 0.947. The average Bonchev–Trinajstić information content (AvgIpc) is 3.16. The van der Waals surface area contributed by atoms with E-state index in [9.17, 15) is 9.59 Å². The fraction of sp³-hybridized carbons (Fsp3) is 0.702. The average molecular weight is 722 g/mol. The van der Waals surface area contributed by atoms with Gasteiger partial charge in [0.25, 0.3) is 0 Å². The zero-order valence-corrected chi connectivity index (χ0v) is 33.8. The maximum atomic E-state index is 12.7. The largest absolute Gasteiger partial charge is 0.462 e. The molecule has 1 aromatic carbocycles. The fourth-order valence-corrected chi connectivity index (χ4v) is 6.20. The number of carbonyl (C=O) groups excluding carboxylic acids is 2. The van der Waals surface area contributed by atoms with Gasteiger partial charge in [-0.05, 0) is 82.8 Å². The van der Waals surface area contributed by atoms with Crippen LogP contribution in [0.5, 0.6) is 0 Å². The molecule has 0 aliphatic carbocycles. The third-order valence-corrected chi connectivity index (χ3v) is 9.51. The Bertz CT molecular complexity index is 1020. The summed E-state index contributed by atoms with van der Waals surface area (Å²) in [4.78, 5) is 25.2. The minimum absolute atomic E-state index is 0.0794. The van der Waals surface area contributed by atoms with E-state index in [1.807, 2.05) is 30.3 Å². The molecule has 0 aliphatic heterocycles. The standard InChI is InChI=1S/C47H79NO4/c1-3-5-7-9-11-13-15-17-19-20-22-24-26-28-30-32-37-41-47(50)52-45(42-48-44-38-34-33-35-39-44)43-51-46(49)40-36-31-29-27-25-23-21-18-16-14-12-10-8-6-4-2/h12,14,18,21-22,24,33-35,38-39,45,48H,3-11,13,15-17,19-20,23,25-32,36-37,40-43H2,1-2H3/t45-/m1/s1. The Kier molecular flexibility index (Phi) is 34.4. The molecule has 0 saturated carbocycles. The van der Waals surface area contributed by atoms with Gasteiger partial charge in [-0.1, -0.05) is 165 Å². The summed E-state index contributed by atoms with van der Waals surface area (Å²) in [6.45, 7) is 5.00. The fourth-order valence-electron chi connectivity index (χ4n) is 6.20. The van der Waals surface area contributed by atoms with Crippen LogP contribution in [0.25, 0.3) is 0 Å². The first-order chi connectivity index (χ1) is 25.7. The molecule has 52 heavy (non-hydrogen) atoms. The van der Waals surface area contributed by atoms with Crippen LogP contribution >= 0.6 is 0 Å². The van der Waals surface area contributed by atoms with E-state index in [0.717, 1.165) is 69.9 Å². The summed E-state index contributed by atoms with van der Waals surface area (Å²) in [6.07, 6.45) is 45.6. The highest BCUT2D eigenvalue weighted by Gasteiger charge is 2.17. The Labute approximate surface area is 320 Å². The molecule has 0 heterocycles. The number of allylic oxidation sites excluding steroid dienone is 6. The van der Waals surface area contributed by atoms with Gasteiger partial charge in [-0.25, -0.2) is 0 Å². The Morgan fingerprint density at radius 2 is 0.962 bits per heavy atom. The molecule has 0 aliphatic rings. The second kappa shape index (κ2) is 37.9. The number of para-hydroxylation sites is 1. The van der Waals surface area contributed by atoms with Crippen molar-refractivity contribution < 1.29 is 19.1 Å².